The van der Waals surface area contributed by atoms with Crippen molar-refractivity contribution in [3.8, 4) is 0 Å². The fraction of sp³-hybridized carbons (Fsp3) is 0.0769. The molecule has 1 aromatic carbocycles. The highest BCUT2D eigenvalue weighted by Crippen LogP contribution is 2.13. The van der Waals surface area contributed by atoms with Gasteiger partial charge in [0.15, 0.2) is 11.5 Å². The number of rotatable bonds is 2. The second kappa shape index (κ2) is 4.30. The quantitative estimate of drug-likeness (QED) is 0.725. The SMILES string of the molecule is Brc1ccn2nc(Cc3ccccc3)nc2c1. The Bertz CT molecular complexity index is 646. The monoisotopic (exact) mass is 287 g/mol. The summed E-state index contributed by atoms with van der Waals surface area (Å²) in [5.41, 5.74) is 2.09. The van der Waals surface area contributed by atoms with Crippen LogP contribution in [0.1, 0.15) is 11.4 Å². The number of aromatic nitrogens is 3. The molecule has 0 N–H and O–H groups in total. The van der Waals surface area contributed by atoms with Crippen LogP contribution in [-0.2, 0) is 6.42 Å². The Hall–Kier alpha value is -1.68. The first-order valence-corrected chi connectivity index (χ1v) is 6.15. The first-order valence-electron chi connectivity index (χ1n) is 5.36. The fourth-order valence-electron chi connectivity index (χ4n) is 1.76. The first kappa shape index (κ1) is 10.5. The lowest BCUT2D eigenvalue weighted by molar-refractivity contribution is 0.899. The largest absolute Gasteiger partial charge is 0.221 e. The Balaban J connectivity index is 1.96. The van der Waals surface area contributed by atoms with Gasteiger partial charge >= 0.3 is 0 Å². The van der Waals surface area contributed by atoms with Gasteiger partial charge in [0.05, 0.1) is 0 Å². The predicted molar refractivity (Wildman–Crippen MR) is 69.9 cm³/mol. The Labute approximate surface area is 107 Å². The standard InChI is InChI=1S/C13H10BrN3/c14-11-6-7-17-13(9-11)15-12(16-17)8-10-4-2-1-3-5-10/h1-7,9H,8H2. The summed E-state index contributed by atoms with van der Waals surface area (Å²) in [5.74, 6) is 0.842. The predicted octanol–water partition coefficient (Wildman–Crippen LogP) is 3.08. The number of benzene rings is 1. The van der Waals surface area contributed by atoms with Gasteiger partial charge in [0, 0.05) is 17.1 Å². The van der Waals surface area contributed by atoms with Crippen LogP contribution in [0.2, 0.25) is 0 Å². The van der Waals surface area contributed by atoms with Gasteiger partial charge in [0.2, 0.25) is 0 Å². The number of pyridine rings is 1. The van der Waals surface area contributed by atoms with Crippen molar-refractivity contribution in [2.75, 3.05) is 0 Å². The molecule has 0 aliphatic carbocycles. The van der Waals surface area contributed by atoms with E-state index in [4.69, 9.17) is 0 Å². The summed E-state index contributed by atoms with van der Waals surface area (Å²) in [6.45, 7) is 0. The van der Waals surface area contributed by atoms with Crippen LogP contribution < -0.4 is 0 Å². The lowest BCUT2D eigenvalue weighted by Crippen LogP contribution is -1.91. The highest BCUT2D eigenvalue weighted by atomic mass is 79.9. The molecule has 0 atom stereocenters. The molecule has 3 nitrogen and oxygen atoms in total. The molecule has 2 aromatic heterocycles. The minimum atomic E-state index is 0.764. The third-order valence-electron chi connectivity index (χ3n) is 2.55. The molecule has 0 saturated carbocycles. The van der Waals surface area contributed by atoms with E-state index in [1.54, 1.807) is 4.52 Å². The van der Waals surface area contributed by atoms with Gasteiger partial charge < -0.3 is 0 Å². The molecular weight excluding hydrogens is 278 g/mol. The van der Waals surface area contributed by atoms with E-state index < -0.39 is 0 Å². The van der Waals surface area contributed by atoms with Crippen molar-refractivity contribution in [2.45, 2.75) is 6.42 Å². The molecule has 0 spiro atoms. The van der Waals surface area contributed by atoms with Crippen LogP contribution in [0, 0.1) is 0 Å². The van der Waals surface area contributed by atoms with Crippen molar-refractivity contribution in [3.05, 3.63) is 64.5 Å². The number of fused-ring (bicyclic) bond motifs is 1. The average molecular weight is 288 g/mol. The number of halogens is 1. The molecule has 2 heterocycles. The summed E-state index contributed by atoms with van der Waals surface area (Å²) in [6, 6.07) is 14.2. The molecule has 0 radical (unpaired) electrons. The second-order valence-electron chi connectivity index (χ2n) is 3.84. The summed E-state index contributed by atoms with van der Waals surface area (Å²) in [6.07, 6.45) is 2.67. The van der Waals surface area contributed by atoms with E-state index in [2.05, 4.69) is 38.1 Å². The van der Waals surface area contributed by atoms with Crippen LogP contribution in [0.3, 0.4) is 0 Å². The van der Waals surface area contributed by atoms with Crippen LogP contribution in [0.15, 0.2) is 53.1 Å². The average Bonchev–Trinajstić information content (AvgIpc) is 2.71. The molecule has 3 rings (SSSR count). The van der Waals surface area contributed by atoms with E-state index in [9.17, 15) is 0 Å². The summed E-state index contributed by atoms with van der Waals surface area (Å²) in [4.78, 5) is 4.49. The van der Waals surface area contributed by atoms with Crippen molar-refractivity contribution in [2.24, 2.45) is 0 Å². The summed E-state index contributed by atoms with van der Waals surface area (Å²) < 4.78 is 2.81. The minimum absolute atomic E-state index is 0.764. The van der Waals surface area contributed by atoms with Crippen molar-refractivity contribution in [1.29, 1.82) is 0 Å². The Kier molecular flexibility index (Phi) is 2.65. The van der Waals surface area contributed by atoms with Crippen LogP contribution in [-0.4, -0.2) is 14.6 Å². The molecular formula is C13H10BrN3. The van der Waals surface area contributed by atoms with Gasteiger partial charge in [0.1, 0.15) is 0 Å². The molecule has 0 aliphatic heterocycles. The van der Waals surface area contributed by atoms with Gasteiger partial charge in [-0.2, -0.15) is 5.10 Å². The number of nitrogens with zero attached hydrogens (tertiary/aromatic N) is 3. The Morgan fingerprint density at radius 1 is 1.12 bits per heavy atom. The molecule has 0 aliphatic rings. The van der Waals surface area contributed by atoms with E-state index in [1.165, 1.54) is 5.56 Å². The molecule has 0 unspecified atom stereocenters. The molecule has 3 aromatic rings. The van der Waals surface area contributed by atoms with Crippen molar-refractivity contribution >= 4 is 21.6 Å². The number of hydrogen-bond donors (Lipinski definition) is 0. The van der Waals surface area contributed by atoms with Gasteiger partial charge in [-0.3, -0.25) is 0 Å². The third-order valence-corrected chi connectivity index (χ3v) is 3.04. The zero-order valence-electron chi connectivity index (χ0n) is 9.05. The van der Waals surface area contributed by atoms with E-state index in [0.29, 0.717) is 0 Å². The van der Waals surface area contributed by atoms with Gasteiger partial charge in [-0.15, -0.1) is 0 Å². The van der Waals surface area contributed by atoms with Crippen molar-refractivity contribution in [1.82, 2.24) is 14.6 Å². The molecule has 0 fully saturated rings. The minimum Gasteiger partial charge on any atom is -0.221 e. The van der Waals surface area contributed by atoms with Crippen LogP contribution in [0.5, 0.6) is 0 Å². The van der Waals surface area contributed by atoms with Gasteiger partial charge in [0.25, 0.3) is 0 Å². The summed E-state index contributed by atoms with van der Waals surface area (Å²) in [7, 11) is 0. The lowest BCUT2D eigenvalue weighted by Gasteiger charge is -1.94. The smallest absolute Gasteiger partial charge is 0.156 e. The zero-order chi connectivity index (χ0) is 11.7. The molecule has 17 heavy (non-hydrogen) atoms. The molecule has 0 saturated heterocycles. The normalized spacial score (nSPS) is 10.9. The Morgan fingerprint density at radius 3 is 2.76 bits per heavy atom. The highest BCUT2D eigenvalue weighted by Gasteiger charge is 2.04. The van der Waals surface area contributed by atoms with E-state index in [0.717, 1.165) is 22.4 Å². The lowest BCUT2D eigenvalue weighted by atomic mass is 10.1. The van der Waals surface area contributed by atoms with Crippen LogP contribution >= 0.6 is 15.9 Å². The van der Waals surface area contributed by atoms with Gasteiger partial charge in [-0.05, 0) is 17.7 Å². The fourth-order valence-corrected chi connectivity index (χ4v) is 2.08. The van der Waals surface area contributed by atoms with Gasteiger partial charge in [-0.1, -0.05) is 46.3 Å². The van der Waals surface area contributed by atoms with Crippen molar-refractivity contribution in [3.63, 3.8) is 0 Å². The third kappa shape index (κ3) is 2.22. The maximum absolute atomic E-state index is 4.49. The Morgan fingerprint density at radius 2 is 1.94 bits per heavy atom. The molecule has 4 heteroatoms. The molecule has 84 valence electrons. The van der Waals surface area contributed by atoms with E-state index >= 15 is 0 Å². The molecule has 0 amide bonds. The first-order chi connectivity index (χ1) is 8.31. The van der Waals surface area contributed by atoms with E-state index in [1.807, 2.05) is 36.5 Å². The van der Waals surface area contributed by atoms with Crippen LogP contribution in [0.4, 0.5) is 0 Å². The topological polar surface area (TPSA) is 30.2 Å². The summed E-state index contributed by atoms with van der Waals surface area (Å²) >= 11 is 3.43. The zero-order valence-corrected chi connectivity index (χ0v) is 10.6. The maximum atomic E-state index is 4.49. The second-order valence-corrected chi connectivity index (χ2v) is 4.75. The van der Waals surface area contributed by atoms with E-state index in [-0.39, 0.29) is 0 Å². The summed E-state index contributed by atoms with van der Waals surface area (Å²) in [5, 5.41) is 4.43. The highest BCUT2D eigenvalue weighted by molar-refractivity contribution is 9.10. The van der Waals surface area contributed by atoms with Crippen molar-refractivity contribution < 1.29 is 0 Å². The maximum Gasteiger partial charge on any atom is 0.156 e. The molecule has 0 bridgehead atoms. The van der Waals surface area contributed by atoms with Gasteiger partial charge in [-0.25, -0.2) is 9.50 Å². The van der Waals surface area contributed by atoms with Crippen LogP contribution in [0.25, 0.3) is 5.65 Å². The number of hydrogen-bond acceptors (Lipinski definition) is 2.